The van der Waals surface area contributed by atoms with Crippen molar-refractivity contribution in [3.05, 3.63) is 35.9 Å². The van der Waals surface area contributed by atoms with Crippen molar-refractivity contribution in [1.29, 1.82) is 0 Å². The van der Waals surface area contributed by atoms with Crippen molar-refractivity contribution in [2.24, 2.45) is 0 Å². The van der Waals surface area contributed by atoms with Gasteiger partial charge >= 0.3 is 5.97 Å². The molecule has 2 rings (SSSR count). The molecule has 2 N–H and O–H groups in total. The Hall–Kier alpha value is -1.39. The normalized spacial score (nSPS) is 21.3. The van der Waals surface area contributed by atoms with E-state index in [1.54, 1.807) is 0 Å². The molecule has 0 spiro atoms. The molecular formula is C13H18N2O2. The molecule has 0 bridgehead atoms. The Morgan fingerprint density at radius 2 is 2.18 bits per heavy atom. The van der Waals surface area contributed by atoms with Gasteiger partial charge in [0.2, 0.25) is 0 Å². The van der Waals surface area contributed by atoms with E-state index in [9.17, 15) is 4.79 Å². The van der Waals surface area contributed by atoms with E-state index in [2.05, 4.69) is 22.3 Å². The van der Waals surface area contributed by atoms with E-state index in [1.165, 1.54) is 5.56 Å². The topological polar surface area (TPSA) is 52.6 Å². The summed E-state index contributed by atoms with van der Waals surface area (Å²) in [6, 6.07) is 10.6. The maximum Gasteiger partial charge on any atom is 0.304 e. The van der Waals surface area contributed by atoms with Crippen LogP contribution in [-0.4, -0.2) is 42.2 Å². The second-order valence-corrected chi connectivity index (χ2v) is 4.31. The van der Waals surface area contributed by atoms with Gasteiger partial charge in [-0.2, -0.15) is 0 Å². The van der Waals surface area contributed by atoms with Crippen molar-refractivity contribution < 1.29 is 9.90 Å². The minimum Gasteiger partial charge on any atom is -0.481 e. The number of nitrogens with one attached hydrogen (secondary N) is 1. The molecule has 1 aromatic carbocycles. The average molecular weight is 234 g/mol. The summed E-state index contributed by atoms with van der Waals surface area (Å²) in [5.41, 5.74) is 1.25. The van der Waals surface area contributed by atoms with E-state index in [1.807, 2.05) is 18.2 Å². The van der Waals surface area contributed by atoms with Gasteiger partial charge in [-0.1, -0.05) is 30.3 Å². The van der Waals surface area contributed by atoms with Crippen molar-refractivity contribution in [2.45, 2.75) is 12.5 Å². The van der Waals surface area contributed by atoms with Gasteiger partial charge in [0.05, 0.1) is 6.42 Å². The van der Waals surface area contributed by atoms with Crippen LogP contribution in [0.3, 0.4) is 0 Å². The summed E-state index contributed by atoms with van der Waals surface area (Å²) in [5.74, 6) is -0.727. The number of aliphatic carboxylic acids is 1. The second-order valence-electron chi connectivity index (χ2n) is 4.31. The highest BCUT2D eigenvalue weighted by Gasteiger charge is 2.23. The van der Waals surface area contributed by atoms with Crippen molar-refractivity contribution >= 4 is 5.97 Å². The predicted molar refractivity (Wildman–Crippen MR) is 65.9 cm³/mol. The zero-order chi connectivity index (χ0) is 12.1. The Bertz CT molecular complexity index is 367. The number of carbonyl (C=O) groups is 1. The number of rotatable bonds is 4. The first-order valence-corrected chi connectivity index (χ1v) is 5.99. The molecule has 1 aliphatic rings. The van der Waals surface area contributed by atoms with Crippen LogP contribution in [0.25, 0.3) is 0 Å². The number of carboxylic acids is 1. The zero-order valence-electron chi connectivity index (χ0n) is 9.80. The third-order valence-electron chi connectivity index (χ3n) is 3.15. The van der Waals surface area contributed by atoms with Gasteiger partial charge in [-0.3, -0.25) is 9.69 Å². The molecule has 1 atom stereocenters. The minimum absolute atomic E-state index is 0.212. The molecule has 1 heterocycles. The first-order chi connectivity index (χ1) is 8.27. The number of hydrogen-bond acceptors (Lipinski definition) is 3. The van der Waals surface area contributed by atoms with E-state index >= 15 is 0 Å². The number of piperazine rings is 1. The molecular weight excluding hydrogens is 216 g/mol. The Balaban J connectivity index is 2.04. The number of carboxylic acid groups (broad SMARTS) is 1. The minimum atomic E-state index is -0.727. The van der Waals surface area contributed by atoms with Gasteiger partial charge < -0.3 is 10.4 Å². The van der Waals surface area contributed by atoms with Gasteiger partial charge in [-0.25, -0.2) is 0 Å². The van der Waals surface area contributed by atoms with E-state index in [0.717, 1.165) is 19.6 Å². The molecule has 0 aromatic heterocycles. The van der Waals surface area contributed by atoms with Crippen molar-refractivity contribution in [3.8, 4) is 0 Å². The third-order valence-corrected chi connectivity index (χ3v) is 3.15. The lowest BCUT2D eigenvalue weighted by molar-refractivity contribution is -0.137. The van der Waals surface area contributed by atoms with Crippen molar-refractivity contribution in [2.75, 3.05) is 26.2 Å². The zero-order valence-corrected chi connectivity index (χ0v) is 9.80. The summed E-state index contributed by atoms with van der Waals surface area (Å²) in [4.78, 5) is 12.9. The van der Waals surface area contributed by atoms with E-state index in [0.29, 0.717) is 12.6 Å². The molecule has 0 amide bonds. The predicted octanol–water partition coefficient (Wildman–Crippen LogP) is 1.11. The molecule has 92 valence electrons. The van der Waals surface area contributed by atoms with Crippen LogP contribution in [0, 0.1) is 0 Å². The number of nitrogens with zero attached hydrogens (tertiary/aromatic N) is 1. The standard InChI is InChI=1S/C13H18N2O2/c16-13(17)6-8-15-9-7-14-10-12(15)11-4-2-1-3-5-11/h1-5,12,14H,6-10H2,(H,16,17). The van der Waals surface area contributed by atoms with Gasteiger partial charge in [-0.15, -0.1) is 0 Å². The Labute approximate surface area is 101 Å². The van der Waals surface area contributed by atoms with Gasteiger partial charge in [0.25, 0.3) is 0 Å². The van der Waals surface area contributed by atoms with E-state index in [4.69, 9.17) is 5.11 Å². The number of hydrogen-bond donors (Lipinski definition) is 2. The monoisotopic (exact) mass is 234 g/mol. The molecule has 1 aliphatic heterocycles. The molecule has 0 aliphatic carbocycles. The summed E-state index contributed by atoms with van der Waals surface area (Å²) < 4.78 is 0. The van der Waals surface area contributed by atoms with Crippen LogP contribution in [0.4, 0.5) is 0 Å². The van der Waals surface area contributed by atoms with Crippen LogP contribution in [0.1, 0.15) is 18.0 Å². The molecule has 1 saturated heterocycles. The Kier molecular flexibility index (Phi) is 4.12. The summed E-state index contributed by atoms with van der Waals surface area (Å²) in [6.45, 7) is 3.36. The van der Waals surface area contributed by atoms with Crippen molar-refractivity contribution in [1.82, 2.24) is 10.2 Å². The van der Waals surface area contributed by atoms with Crippen LogP contribution in [0.2, 0.25) is 0 Å². The fraction of sp³-hybridized carbons (Fsp3) is 0.462. The highest BCUT2D eigenvalue weighted by atomic mass is 16.4. The molecule has 0 saturated carbocycles. The van der Waals surface area contributed by atoms with Crippen LogP contribution in [0.5, 0.6) is 0 Å². The van der Waals surface area contributed by atoms with Crippen molar-refractivity contribution in [3.63, 3.8) is 0 Å². The van der Waals surface area contributed by atoms with Crippen LogP contribution in [0.15, 0.2) is 30.3 Å². The highest BCUT2D eigenvalue weighted by Crippen LogP contribution is 2.21. The quantitative estimate of drug-likeness (QED) is 0.819. The van der Waals surface area contributed by atoms with Gasteiger partial charge in [-0.05, 0) is 5.56 Å². The molecule has 4 heteroatoms. The lowest BCUT2D eigenvalue weighted by Crippen LogP contribution is -2.46. The molecule has 1 fully saturated rings. The lowest BCUT2D eigenvalue weighted by atomic mass is 10.0. The average Bonchev–Trinajstić information content (AvgIpc) is 2.38. The smallest absolute Gasteiger partial charge is 0.304 e. The molecule has 0 radical (unpaired) electrons. The first kappa shape index (κ1) is 12.1. The van der Waals surface area contributed by atoms with E-state index < -0.39 is 5.97 Å². The Morgan fingerprint density at radius 1 is 1.41 bits per heavy atom. The number of benzene rings is 1. The fourth-order valence-corrected chi connectivity index (χ4v) is 2.26. The van der Waals surface area contributed by atoms with E-state index in [-0.39, 0.29) is 6.42 Å². The largest absolute Gasteiger partial charge is 0.481 e. The summed E-state index contributed by atoms with van der Waals surface area (Å²) >= 11 is 0. The van der Waals surface area contributed by atoms with Crippen LogP contribution in [-0.2, 0) is 4.79 Å². The maximum atomic E-state index is 10.6. The molecule has 17 heavy (non-hydrogen) atoms. The summed E-state index contributed by atoms with van der Waals surface area (Å²) in [7, 11) is 0. The van der Waals surface area contributed by atoms with Crippen LogP contribution < -0.4 is 5.32 Å². The molecule has 1 aromatic rings. The molecule has 1 unspecified atom stereocenters. The van der Waals surface area contributed by atoms with Gasteiger partial charge in [0.1, 0.15) is 0 Å². The van der Waals surface area contributed by atoms with Gasteiger partial charge in [0.15, 0.2) is 0 Å². The first-order valence-electron chi connectivity index (χ1n) is 5.99. The Morgan fingerprint density at radius 3 is 2.88 bits per heavy atom. The second kappa shape index (κ2) is 5.80. The maximum absolute atomic E-state index is 10.6. The third kappa shape index (κ3) is 3.28. The fourth-order valence-electron chi connectivity index (χ4n) is 2.26. The summed E-state index contributed by atoms with van der Waals surface area (Å²) in [5, 5.41) is 12.1. The van der Waals surface area contributed by atoms with Crippen LogP contribution >= 0.6 is 0 Å². The highest BCUT2D eigenvalue weighted by molar-refractivity contribution is 5.66. The SMILES string of the molecule is O=C(O)CCN1CCNCC1c1ccccc1. The molecule has 4 nitrogen and oxygen atoms in total. The summed E-state index contributed by atoms with van der Waals surface area (Å²) in [6.07, 6.45) is 0.212. The van der Waals surface area contributed by atoms with Gasteiger partial charge in [0, 0.05) is 32.2 Å². The lowest BCUT2D eigenvalue weighted by Gasteiger charge is -2.36.